The molecule has 0 bridgehead atoms. The fourth-order valence-electron chi connectivity index (χ4n) is 3.74. The summed E-state index contributed by atoms with van der Waals surface area (Å²) in [5.41, 5.74) is 4.65. The zero-order chi connectivity index (χ0) is 20.6. The van der Waals surface area contributed by atoms with Crippen molar-refractivity contribution in [3.63, 3.8) is 0 Å². The van der Waals surface area contributed by atoms with E-state index in [2.05, 4.69) is 42.3 Å². The smallest absolute Gasteiger partial charge is 0.185 e. The molecule has 0 unspecified atom stereocenters. The summed E-state index contributed by atoms with van der Waals surface area (Å²) in [4.78, 5) is 7.40. The summed E-state index contributed by atoms with van der Waals surface area (Å²) in [7, 11) is -3.33. The molecule has 1 aliphatic heterocycles. The third-order valence-electron chi connectivity index (χ3n) is 5.67. The van der Waals surface area contributed by atoms with Gasteiger partial charge in [0.25, 0.3) is 0 Å². The van der Waals surface area contributed by atoms with Gasteiger partial charge in [0, 0.05) is 29.1 Å². The molecule has 0 N–H and O–H groups in total. The van der Waals surface area contributed by atoms with Crippen LogP contribution >= 0.6 is 22.9 Å². The van der Waals surface area contributed by atoms with Gasteiger partial charge in [-0.3, -0.25) is 0 Å². The summed E-state index contributed by atoms with van der Waals surface area (Å²) in [5.74, 6) is 0. The van der Waals surface area contributed by atoms with E-state index in [-0.39, 0.29) is 5.25 Å². The Morgan fingerprint density at radius 3 is 2.45 bits per heavy atom. The quantitative estimate of drug-likeness (QED) is 0.529. The number of nitrogens with zero attached hydrogens (tertiary/aromatic N) is 2. The van der Waals surface area contributed by atoms with E-state index in [9.17, 15) is 8.42 Å². The van der Waals surface area contributed by atoms with E-state index < -0.39 is 9.84 Å². The summed E-state index contributed by atoms with van der Waals surface area (Å²) in [6, 6.07) is 12.7. The molecule has 2 aromatic carbocycles. The van der Waals surface area contributed by atoms with Gasteiger partial charge in [-0.25, -0.2) is 13.4 Å². The molecule has 0 aliphatic carbocycles. The van der Waals surface area contributed by atoms with Gasteiger partial charge < -0.3 is 4.90 Å². The number of aryl methyl sites for hydroxylation is 1. The Kier molecular flexibility index (Phi) is 5.69. The lowest BCUT2D eigenvalue weighted by Crippen LogP contribution is -2.39. The van der Waals surface area contributed by atoms with Crippen LogP contribution in [0.2, 0.25) is 5.02 Å². The average Bonchev–Trinajstić information content (AvgIpc) is 3.20. The van der Waals surface area contributed by atoms with Crippen molar-refractivity contribution in [1.29, 1.82) is 0 Å². The second-order valence-electron chi connectivity index (χ2n) is 7.45. The molecule has 152 valence electrons. The lowest BCUT2D eigenvalue weighted by Gasteiger charge is -2.31. The fraction of sp³-hybridized carbons (Fsp3) is 0.318. The van der Waals surface area contributed by atoms with Gasteiger partial charge in [-0.15, -0.1) is 11.3 Å². The van der Waals surface area contributed by atoms with E-state index in [0.717, 1.165) is 16.4 Å². The number of piperidine rings is 1. The van der Waals surface area contributed by atoms with Gasteiger partial charge >= 0.3 is 0 Å². The molecule has 0 saturated carbocycles. The zero-order valence-corrected chi connectivity index (χ0v) is 18.8. The van der Waals surface area contributed by atoms with Gasteiger partial charge in [0.1, 0.15) is 0 Å². The fourth-order valence-corrected chi connectivity index (χ4v) is 6.47. The van der Waals surface area contributed by atoms with Crippen LogP contribution in [0.25, 0.3) is 11.3 Å². The lowest BCUT2D eigenvalue weighted by atomic mass is 10.0. The van der Waals surface area contributed by atoms with Crippen molar-refractivity contribution < 1.29 is 8.42 Å². The van der Waals surface area contributed by atoms with Crippen LogP contribution in [0.4, 0.5) is 5.13 Å². The number of sulfone groups is 1. The van der Waals surface area contributed by atoms with Gasteiger partial charge in [-0.2, -0.15) is 0 Å². The van der Waals surface area contributed by atoms with Crippen molar-refractivity contribution in [2.24, 2.45) is 0 Å². The molecular formula is C22H23ClN2O2S2. The largest absolute Gasteiger partial charge is 0.348 e. The topological polar surface area (TPSA) is 50.3 Å². The van der Waals surface area contributed by atoms with Gasteiger partial charge in [0.15, 0.2) is 15.0 Å². The number of rotatable bonds is 4. The molecule has 2 heterocycles. The minimum absolute atomic E-state index is 0.354. The lowest BCUT2D eigenvalue weighted by molar-refractivity contribution is 0.529. The summed E-state index contributed by atoms with van der Waals surface area (Å²) >= 11 is 7.51. The highest BCUT2D eigenvalue weighted by Gasteiger charge is 2.32. The molecule has 0 atom stereocenters. The van der Waals surface area contributed by atoms with Crippen molar-refractivity contribution in [2.75, 3.05) is 18.0 Å². The molecule has 1 aliphatic rings. The number of hydrogen-bond acceptors (Lipinski definition) is 5. The Hall–Kier alpha value is -1.89. The van der Waals surface area contributed by atoms with Gasteiger partial charge in [0.05, 0.1) is 15.8 Å². The van der Waals surface area contributed by atoms with Gasteiger partial charge in [0.2, 0.25) is 0 Å². The maximum atomic E-state index is 12.9. The van der Waals surface area contributed by atoms with Crippen LogP contribution in [0.5, 0.6) is 0 Å². The molecule has 0 spiro atoms. The van der Waals surface area contributed by atoms with Crippen molar-refractivity contribution >= 4 is 37.9 Å². The van der Waals surface area contributed by atoms with E-state index in [0.29, 0.717) is 35.8 Å². The standard InChI is InChI=1S/C22H23ClN2O2S2/c1-15-4-3-5-20(16(15)2)21-14-28-22(24-21)25-12-10-19(11-13-25)29(26,27)18-8-6-17(23)7-9-18/h3-9,14,19H,10-13H2,1-2H3. The molecule has 0 amide bonds. The van der Waals surface area contributed by atoms with Crippen molar-refractivity contribution in [2.45, 2.75) is 36.8 Å². The first kappa shape index (κ1) is 20.4. The molecule has 7 heteroatoms. The molecule has 3 aromatic rings. The van der Waals surface area contributed by atoms with E-state index >= 15 is 0 Å². The number of hydrogen-bond donors (Lipinski definition) is 0. The average molecular weight is 447 g/mol. The second kappa shape index (κ2) is 8.09. The van der Waals surface area contributed by atoms with Crippen LogP contribution < -0.4 is 4.90 Å². The van der Waals surface area contributed by atoms with Crippen LogP contribution in [0.1, 0.15) is 24.0 Å². The maximum Gasteiger partial charge on any atom is 0.185 e. The Labute approximate surface area is 181 Å². The molecular weight excluding hydrogens is 424 g/mol. The highest BCUT2D eigenvalue weighted by Crippen LogP contribution is 2.33. The molecule has 4 nitrogen and oxygen atoms in total. The zero-order valence-electron chi connectivity index (χ0n) is 16.4. The summed E-state index contributed by atoms with van der Waals surface area (Å²) < 4.78 is 25.9. The van der Waals surface area contributed by atoms with Crippen molar-refractivity contribution in [3.8, 4) is 11.3 Å². The van der Waals surface area contributed by atoms with Crippen LogP contribution in [-0.4, -0.2) is 31.7 Å². The van der Waals surface area contributed by atoms with E-state index in [1.54, 1.807) is 35.6 Å². The predicted octanol–water partition coefficient (Wildman–Crippen LogP) is 5.52. The Bertz CT molecular complexity index is 1120. The number of halogens is 1. The Morgan fingerprint density at radius 2 is 1.76 bits per heavy atom. The third kappa shape index (κ3) is 4.06. The molecule has 1 fully saturated rings. The van der Waals surface area contributed by atoms with E-state index in [4.69, 9.17) is 16.6 Å². The molecule has 0 radical (unpaired) electrons. The number of aromatic nitrogens is 1. The SMILES string of the molecule is Cc1cccc(-c2csc(N3CCC(S(=O)(=O)c4ccc(Cl)cc4)CC3)n2)c1C. The Balaban J connectivity index is 1.47. The Morgan fingerprint density at radius 1 is 1.07 bits per heavy atom. The highest BCUT2D eigenvalue weighted by molar-refractivity contribution is 7.92. The van der Waals surface area contributed by atoms with E-state index in [1.807, 2.05) is 0 Å². The summed E-state index contributed by atoms with van der Waals surface area (Å²) in [5, 5.41) is 3.23. The number of benzene rings is 2. The van der Waals surface area contributed by atoms with Crippen molar-refractivity contribution in [1.82, 2.24) is 4.98 Å². The molecule has 1 saturated heterocycles. The predicted molar refractivity (Wildman–Crippen MR) is 121 cm³/mol. The first-order chi connectivity index (χ1) is 13.9. The van der Waals surface area contributed by atoms with Crippen molar-refractivity contribution in [3.05, 3.63) is 64.0 Å². The minimum Gasteiger partial charge on any atom is -0.348 e. The first-order valence-electron chi connectivity index (χ1n) is 9.63. The molecule has 4 rings (SSSR count). The van der Waals surface area contributed by atoms with Crippen LogP contribution in [0, 0.1) is 13.8 Å². The second-order valence-corrected chi connectivity index (χ2v) is 10.9. The monoisotopic (exact) mass is 446 g/mol. The normalized spacial score (nSPS) is 15.6. The third-order valence-corrected chi connectivity index (χ3v) is 9.10. The number of thiazole rings is 1. The summed E-state index contributed by atoms with van der Waals surface area (Å²) in [6.07, 6.45) is 1.20. The number of anilines is 1. The van der Waals surface area contributed by atoms with E-state index in [1.165, 1.54) is 11.1 Å². The highest BCUT2D eigenvalue weighted by atomic mass is 35.5. The van der Waals surface area contributed by atoms with Crippen LogP contribution in [0.3, 0.4) is 0 Å². The van der Waals surface area contributed by atoms with Gasteiger partial charge in [-0.1, -0.05) is 29.8 Å². The molecule has 1 aromatic heterocycles. The first-order valence-corrected chi connectivity index (χ1v) is 12.4. The van der Waals surface area contributed by atoms with Gasteiger partial charge in [-0.05, 0) is 62.1 Å². The maximum absolute atomic E-state index is 12.9. The molecule has 29 heavy (non-hydrogen) atoms. The van der Waals surface area contributed by atoms with Crippen LogP contribution in [-0.2, 0) is 9.84 Å². The summed E-state index contributed by atoms with van der Waals surface area (Å²) in [6.45, 7) is 5.61. The minimum atomic E-state index is -3.33. The van der Waals surface area contributed by atoms with Crippen LogP contribution in [0.15, 0.2) is 52.7 Å².